The second-order valence-electron chi connectivity index (χ2n) is 8.10. The lowest BCUT2D eigenvalue weighted by Crippen LogP contribution is -2.31. The van der Waals surface area contributed by atoms with Crippen molar-refractivity contribution in [2.75, 3.05) is 5.32 Å². The number of allylic oxidation sites excluding steroid dienone is 1. The zero-order valence-corrected chi connectivity index (χ0v) is 20.2. The highest BCUT2D eigenvalue weighted by Crippen LogP contribution is 2.37. The number of primary amides is 1. The number of hydrogen-bond donors (Lipinski definition) is 2. The molecule has 1 aliphatic heterocycles. The molecule has 2 heterocycles. The number of hydrogen-bond acceptors (Lipinski definition) is 5. The van der Waals surface area contributed by atoms with Crippen LogP contribution >= 0.6 is 23.2 Å². The Kier molecular flexibility index (Phi) is 6.19. The highest BCUT2D eigenvalue weighted by molar-refractivity contribution is 6.36. The summed E-state index contributed by atoms with van der Waals surface area (Å²) in [6.07, 6.45) is 0. The van der Waals surface area contributed by atoms with Crippen LogP contribution in [0.25, 0.3) is 11.4 Å². The Morgan fingerprint density at radius 3 is 2.51 bits per heavy atom. The summed E-state index contributed by atoms with van der Waals surface area (Å²) in [6.45, 7) is 2.25. The second-order valence-corrected chi connectivity index (χ2v) is 8.95. The third-order valence-electron chi connectivity index (χ3n) is 5.73. The molecule has 1 unspecified atom stereocenters. The Labute approximate surface area is 212 Å². The second kappa shape index (κ2) is 9.44. The lowest BCUT2D eigenvalue weighted by Gasteiger charge is -2.27. The largest absolute Gasteiger partial charge is 0.489 e. The quantitative estimate of drug-likeness (QED) is 0.355. The zero-order chi connectivity index (χ0) is 24.5. The average molecular weight is 506 g/mol. The number of nitrogens with zero attached hydrogens (tertiary/aromatic N) is 3. The molecule has 0 fully saturated rings. The van der Waals surface area contributed by atoms with E-state index in [9.17, 15) is 4.79 Å². The van der Waals surface area contributed by atoms with Gasteiger partial charge in [0.2, 0.25) is 11.9 Å². The number of nitrogens with two attached hydrogens (primary N) is 1. The van der Waals surface area contributed by atoms with Gasteiger partial charge in [0.15, 0.2) is 5.82 Å². The Bertz CT molecular complexity index is 1430. The van der Waals surface area contributed by atoms with Crippen molar-refractivity contribution in [2.45, 2.75) is 19.6 Å². The minimum atomic E-state index is -0.570. The molecule has 1 atom stereocenters. The van der Waals surface area contributed by atoms with E-state index in [-0.39, 0.29) is 0 Å². The molecule has 1 aromatic heterocycles. The number of ether oxygens (including phenoxy) is 1. The molecule has 0 bridgehead atoms. The average Bonchev–Trinajstić information content (AvgIpc) is 3.26. The molecule has 0 spiro atoms. The fourth-order valence-corrected chi connectivity index (χ4v) is 4.54. The fraction of sp³-hybridized carbons (Fsp3) is 0.115. The van der Waals surface area contributed by atoms with Crippen LogP contribution in [0.15, 0.2) is 84.1 Å². The molecule has 7 nitrogen and oxygen atoms in total. The number of benzene rings is 3. The summed E-state index contributed by atoms with van der Waals surface area (Å²) in [5.74, 6) is 1.04. The number of nitrogens with one attached hydrogen (secondary N) is 1. The molecule has 9 heteroatoms. The molecular formula is C26H21Cl2N5O2. The SMILES string of the molecule is CC1=C(C(N)=O)C(c2ccc(OCc3ccccc3)cc2)n2nc(-c3ccc(Cl)cc3Cl)nc2N1. The van der Waals surface area contributed by atoms with Crippen LogP contribution < -0.4 is 15.8 Å². The number of fused-ring (bicyclic) bond motifs is 1. The molecule has 176 valence electrons. The van der Waals surface area contributed by atoms with Crippen LogP contribution in [0.1, 0.15) is 24.1 Å². The summed E-state index contributed by atoms with van der Waals surface area (Å²) in [6, 6.07) is 22.0. The van der Waals surface area contributed by atoms with Crippen molar-refractivity contribution in [1.29, 1.82) is 0 Å². The van der Waals surface area contributed by atoms with Gasteiger partial charge < -0.3 is 15.8 Å². The van der Waals surface area contributed by atoms with E-state index in [1.54, 1.807) is 29.8 Å². The van der Waals surface area contributed by atoms with Crippen LogP contribution in [-0.4, -0.2) is 20.7 Å². The van der Waals surface area contributed by atoms with Crippen molar-refractivity contribution < 1.29 is 9.53 Å². The first-order chi connectivity index (χ1) is 16.9. The molecule has 0 saturated heterocycles. The highest BCUT2D eigenvalue weighted by Gasteiger charge is 2.33. The van der Waals surface area contributed by atoms with Crippen molar-refractivity contribution in [3.63, 3.8) is 0 Å². The maximum atomic E-state index is 12.5. The number of halogens is 2. The smallest absolute Gasteiger partial charge is 0.248 e. The van der Waals surface area contributed by atoms with E-state index in [4.69, 9.17) is 33.7 Å². The fourth-order valence-electron chi connectivity index (χ4n) is 4.05. The van der Waals surface area contributed by atoms with Crippen LogP contribution in [0.4, 0.5) is 5.95 Å². The van der Waals surface area contributed by atoms with Crippen molar-refractivity contribution in [3.8, 4) is 17.1 Å². The monoisotopic (exact) mass is 505 g/mol. The van der Waals surface area contributed by atoms with E-state index in [2.05, 4.69) is 15.4 Å². The first-order valence-electron chi connectivity index (χ1n) is 10.9. The number of anilines is 1. The van der Waals surface area contributed by atoms with Crippen LogP contribution in [0.3, 0.4) is 0 Å². The molecular weight excluding hydrogens is 485 g/mol. The number of rotatable bonds is 6. The Morgan fingerprint density at radius 1 is 1.09 bits per heavy atom. The van der Waals surface area contributed by atoms with E-state index in [0.717, 1.165) is 11.1 Å². The highest BCUT2D eigenvalue weighted by atomic mass is 35.5. The van der Waals surface area contributed by atoms with Gasteiger partial charge in [-0.25, -0.2) is 4.68 Å². The van der Waals surface area contributed by atoms with E-state index >= 15 is 0 Å². The third-order valence-corrected chi connectivity index (χ3v) is 6.28. The van der Waals surface area contributed by atoms with Gasteiger partial charge in [-0.2, -0.15) is 4.98 Å². The molecule has 1 amide bonds. The summed E-state index contributed by atoms with van der Waals surface area (Å²) in [4.78, 5) is 17.1. The minimum Gasteiger partial charge on any atom is -0.489 e. The number of amides is 1. The molecule has 4 aromatic rings. The van der Waals surface area contributed by atoms with Crippen molar-refractivity contribution in [3.05, 3.63) is 105 Å². The van der Waals surface area contributed by atoms with E-state index in [1.807, 2.05) is 54.6 Å². The van der Waals surface area contributed by atoms with Gasteiger partial charge in [-0.05, 0) is 48.4 Å². The van der Waals surface area contributed by atoms with Crippen LogP contribution in [-0.2, 0) is 11.4 Å². The zero-order valence-electron chi connectivity index (χ0n) is 18.7. The third kappa shape index (κ3) is 4.60. The standard InChI is InChI=1S/C26H21Cl2N5O2/c1-15-22(24(29)34)23(17-7-10-19(11-8-17)35-14-16-5-3-2-4-6-16)33-26(30-15)31-25(32-33)20-12-9-18(27)13-21(20)28/h2-13,23H,14H2,1H3,(H2,29,34)(H,30,31,32). The van der Waals surface area contributed by atoms with Crippen molar-refractivity contribution in [1.82, 2.24) is 14.8 Å². The summed E-state index contributed by atoms with van der Waals surface area (Å²) < 4.78 is 7.55. The minimum absolute atomic E-state index is 0.397. The first kappa shape index (κ1) is 23.0. The topological polar surface area (TPSA) is 95.1 Å². The summed E-state index contributed by atoms with van der Waals surface area (Å²) in [5.41, 5.74) is 9.31. The van der Waals surface area contributed by atoms with Gasteiger partial charge in [0.1, 0.15) is 18.4 Å². The molecule has 0 radical (unpaired) electrons. The molecule has 0 saturated carbocycles. The molecule has 5 rings (SSSR count). The van der Waals surface area contributed by atoms with Crippen molar-refractivity contribution in [2.24, 2.45) is 5.73 Å². The predicted octanol–water partition coefficient (Wildman–Crippen LogP) is 5.61. The molecule has 0 aliphatic carbocycles. The van der Waals surface area contributed by atoms with E-state index in [0.29, 0.717) is 51.0 Å². The van der Waals surface area contributed by atoms with Crippen LogP contribution in [0.2, 0.25) is 10.0 Å². The number of carbonyl (C=O) groups excluding carboxylic acids is 1. The number of aromatic nitrogens is 3. The van der Waals surface area contributed by atoms with Gasteiger partial charge in [0.05, 0.1) is 10.6 Å². The van der Waals surface area contributed by atoms with E-state index in [1.165, 1.54) is 0 Å². The van der Waals surface area contributed by atoms with Gasteiger partial charge in [-0.1, -0.05) is 65.7 Å². The summed E-state index contributed by atoms with van der Waals surface area (Å²) >= 11 is 12.4. The normalized spacial score (nSPS) is 14.9. The number of carbonyl (C=O) groups is 1. The Morgan fingerprint density at radius 2 is 1.83 bits per heavy atom. The predicted molar refractivity (Wildman–Crippen MR) is 136 cm³/mol. The lowest BCUT2D eigenvalue weighted by molar-refractivity contribution is -0.115. The lowest BCUT2D eigenvalue weighted by atomic mass is 9.95. The van der Waals surface area contributed by atoms with Gasteiger partial charge in [-0.3, -0.25) is 4.79 Å². The Balaban J connectivity index is 1.49. The molecule has 1 aliphatic rings. The van der Waals surface area contributed by atoms with E-state index < -0.39 is 11.9 Å². The summed E-state index contributed by atoms with van der Waals surface area (Å²) in [5, 5.41) is 8.76. The van der Waals surface area contributed by atoms with Gasteiger partial charge in [0.25, 0.3) is 0 Å². The van der Waals surface area contributed by atoms with Gasteiger partial charge >= 0.3 is 0 Å². The first-order valence-corrected chi connectivity index (χ1v) is 11.6. The van der Waals surface area contributed by atoms with Crippen LogP contribution in [0, 0.1) is 0 Å². The van der Waals surface area contributed by atoms with Crippen LogP contribution in [0.5, 0.6) is 5.75 Å². The summed E-state index contributed by atoms with van der Waals surface area (Å²) in [7, 11) is 0. The Hall–Kier alpha value is -3.81. The van der Waals surface area contributed by atoms with Gasteiger partial charge in [-0.15, -0.1) is 5.10 Å². The molecule has 3 aromatic carbocycles. The van der Waals surface area contributed by atoms with Gasteiger partial charge in [0, 0.05) is 16.3 Å². The molecule has 3 N–H and O–H groups in total. The maximum Gasteiger partial charge on any atom is 0.248 e. The maximum absolute atomic E-state index is 12.5. The molecule has 35 heavy (non-hydrogen) atoms. The van der Waals surface area contributed by atoms with Crippen molar-refractivity contribution >= 4 is 35.1 Å².